The zero-order chi connectivity index (χ0) is 14.4. The Labute approximate surface area is 111 Å². The van der Waals surface area contributed by atoms with Crippen LogP contribution in [0.3, 0.4) is 0 Å². The minimum absolute atomic E-state index is 0.00732. The third-order valence-corrected chi connectivity index (χ3v) is 2.58. The number of ether oxygens (including phenoxy) is 2. The maximum atomic E-state index is 11.9. The van der Waals surface area contributed by atoms with E-state index in [1.54, 1.807) is 6.92 Å². The first-order valence-electron chi connectivity index (χ1n) is 6.14. The van der Waals surface area contributed by atoms with E-state index in [4.69, 9.17) is 10.5 Å². The van der Waals surface area contributed by atoms with Gasteiger partial charge in [-0.2, -0.15) is 5.10 Å². The van der Waals surface area contributed by atoms with Crippen LogP contribution in [0.2, 0.25) is 0 Å². The molecule has 0 radical (unpaired) electrons. The molecule has 0 aliphatic heterocycles. The van der Waals surface area contributed by atoms with E-state index >= 15 is 0 Å². The lowest BCUT2D eigenvalue weighted by Gasteiger charge is -2.14. The van der Waals surface area contributed by atoms with Gasteiger partial charge < -0.3 is 15.2 Å². The number of rotatable bonds is 6. The van der Waals surface area contributed by atoms with Gasteiger partial charge in [-0.15, -0.1) is 0 Å². The van der Waals surface area contributed by atoms with Crippen LogP contribution < -0.4 is 5.73 Å². The van der Waals surface area contributed by atoms with E-state index in [2.05, 4.69) is 9.84 Å². The maximum Gasteiger partial charge on any atom is 0.360 e. The molecule has 0 aliphatic rings. The quantitative estimate of drug-likeness (QED) is 0.778. The molecule has 106 valence electrons. The fraction of sp³-hybridized carbons (Fsp3) is 0.583. The van der Waals surface area contributed by atoms with Crippen LogP contribution in [0.15, 0.2) is 6.20 Å². The van der Waals surface area contributed by atoms with Crippen molar-refractivity contribution in [2.75, 3.05) is 19.5 Å². The van der Waals surface area contributed by atoms with Crippen LogP contribution in [-0.4, -0.2) is 35.4 Å². The van der Waals surface area contributed by atoms with Gasteiger partial charge in [0.1, 0.15) is 6.04 Å². The average Bonchev–Trinajstić information content (AvgIpc) is 2.77. The van der Waals surface area contributed by atoms with Crippen LogP contribution >= 0.6 is 0 Å². The highest BCUT2D eigenvalue weighted by molar-refractivity contribution is 5.92. The lowest BCUT2D eigenvalue weighted by molar-refractivity contribution is -0.147. The van der Waals surface area contributed by atoms with Gasteiger partial charge in [-0.05, 0) is 13.3 Å². The predicted octanol–water partition coefficient (Wildman–Crippen LogP) is 1.16. The van der Waals surface area contributed by atoms with Gasteiger partial charge in [-0.25, -0.2) is 9.59 Å². The van der Waals surface area contributed by atoms with Gasteiger partial charge in [0.05, 0.1) is 19.4 Å². The fourth-order valence-electron chi connectivity index (χ4n) is 1.69. The molecule has 1 heterocycles. The van der Waals surface area contributed by atoms with Crippen molar-refractivity contribution in [3.8, 4) is 0 Å². The summed E-state index contributed by atoms with van der Waals surface area (Å²) in [5.74, 6) is -1.02. The van der Waals surface area contributed by atoms with Crippen molar-refractivity contribution >= 4 is 17.6 Å². The van der Waals surface area contributed by atoms with Crippen LogP contribution in [0.1, 0.15) is 43.2 Å². The SMILES string of the molecule is CCCC(C(=O)OCC)n1cc(N)c(C(=O)OC)n1. The number of hydrogen-bond acceptors (Lipinski definition) is 6. The molecule has 0 bridgehead atoms. The molecule has 1 aromatic heterocycles. The average molecular weight is 269 g/mol. The summed E-state index contributed by atoms with van der Waals surface area (Å²) in [5.41, 5.74) is 5.87. The molecule has 1 unspecified atom stereocenters. The standard InChI is InChI=1S/C12H19N3O4/c1-4-6-9(11(16)19-5-2)15-7-8(13)10(14-15)12(17)18-3/h7,9H,4-6,13H2,1-3H3. The van der Waals surface area contributed by atoms with Gasteiger partial charge in [0.2, 0.25) is 0 Å². The van der Waals surface area contributed by atoms with Gasteiger partial charge in [-0.3, -0.25) is 4.68 Å². The Bertz CT molecular complexity index is 456. The summed E-state index contributed by atoms with van der Waals surface area (Å²) in [6.45, 7) is 3.97. The molecule has 0 fully saturated rings. The molecule has 7 nitrogen and oxygen atoms in total. The van der Waals surface area contributed by atoms with Crippen molar-refractivity contribution in [1.29, 1.82) is 0 Å². The molecule has 0 aliphatic carbocycles. The molecular weight excluding hydrogens is 250 g/mol. The van der Waals surface area contributed by atoms with Crippen molar-refractivity contribution < 1.29 is 19.1 Å². The number of nitrogens with two attached hydrogens (primary N) is 1. The Morgan fingerprint density at radius 1 is 1.47 bits per heavy atom. The van der Waals surface area contributed by atoms with Crippen LogP contribution in [0.5, 0.6) is 0 Å². The summed E-state index contributed by atoms with van der Waals surface area (Å²) in [6.07, 6.45) is 2.78. The lowest BCUT2D eigenvalue weighted by Crippen LogP contribution is -2.23. The third kappa shape index (κ3) is 3.46. The molecule has 0 saturated heterocycles. The summed E-state index contributed by atoms with van der Waals surface area (Å²) >= 11 is 0. The summed E-state index contributed by atoms with van der Waals surface area (Å²) in [6, 6.07) is -0.578. The minimum atomic E-state index is -0.629. The van der Waals surface area contributed by atoms with Crippen molar-refractivity contribution in [1.82, 2.24) is 9.78 Å². The van der Waals surface area contributed by atoms with Crippen LogP contribution in [-0.2, 0) is 14.3 Å². The second kappa shape index (κ2) is 6.77. The zero-order valence-electron chi connectivity index (χ0n) is 11.4. The molecular formula is C12H19N3O4. The topological polar surface area (TPSA) is 96.4 Å². The Morgan fingerprint density at radius 3 is 2.68 bits per heavy atom. The number of hydrogen-bond donors (Lipinski definition) is 1. The first kappa shape index (κ1) is 15.0. The molecule has 0 spiro atoms. The van der Waals surface area contributed by atoms with Crippen molar-refractivity contribution in [3.63, 3.8) is 0 Å². The van der Waals surface area contributed by atoms with Crippen LogP contribution in [0, 0.1) is 0 Å². The number of carbonyl (C=O) groups is 2. The Kier molecular flexibility index (Phi) is 5.35. The number of nitrogens with zero attached hydrogens (tertiary/aromatic N) is 2. The van der Waals surface area contributed by atoms with Gasteiger partial charge >= 0.3 is 11.9 Å². The van der Waals surface area contributed by atoms with Gasteiger partial charge in [0, 0.05) is 6.20 Å². The summed E-state index contributed by atoms with van der Waals surface area (Å²) in [5, 5.41) is 4.02. The molecule has 1 aromatic rings. The summed E-state index contributed by atoms with van der Waals surface area (Å²) < 4.78 is 10.9. The number of carbonyl (C=O) groups excluding carboxylic acids is 2. The molecule has 0 aromatic carbocycles. The van der Waals surface area contributed by atoms with Crippen LogP contribution in [0.25, 0.3) is 0 Å². The normalized spacial score (nSPS) is 11.9. The van der Waals surface area contributed by atoms with Gasteiger partial charge in [0.15, 0.2) is 5.69 Å². The largest absolute Gasteiger partial charge is 0.464 e. The Morgan fingerprint density at radius 2 is 2.16 bits per heavy atom. The van der Waals surface area contributed by atoms with E-state index in [1.807, 2.05) is 6.92 Å². The lowest BCUT2D eigenvalue weighted by atomic mass is 10.2. The smallest absolute Gasteiger partial charge is 0.360 e. The second-order valence-corrected chi connectivity index (χ2v) is 3.96. The Balaban J connectivity index is 3.03. The first-order chi connectivity index (χ1) is 9.04. The molecule has 1 atom stereocenters. The molecule has 7 heteroatoms. The number of anilines is 1. The highest BCUT2D eigenvalue weighted by Gasteiger charge is 2.25. The fourth-order valence-corrected chi connectivity index (χ4v) is 1.69. The van der Waals surface area contributed by atoms with E-state index < -0.39 is 12.0 Å². The Hall–Kier alpha value is -2.05. The van der Waals surface area contributed by atoms with E-state index in [-0.39, 0.29) is 17.4 Å². The monoisotopic (exact) mass is 269 g/mol. The number of esters is 2. The predicted molar refractivity (Wildman–Crippen MR) is 68.6 cm³/mol. The molecule has 0 amide bonds. The zero-order valence-corrected chi connectivity index (χ0v) is 11.4. The molecule has 19 heavy (non-hydrogen) atoms. The molecule has 1 rings (SSSR count). The van der Waals surface area contributed by atoms with E-state index in [1.165, 1.54) is 18.0 Å². The third-order valence-electron chi connectivity index (χ3n) is 2.58. The highest BCUT2D eigenvalue weighted by Crippen LogP contribution is 2.19. The molecule has 2 N–H and O–H groups in total. The number of nitrogen functional groups attached to an aromatic ring is 1. The second-order valence-electron chi connectivity index (χ2n) is 3.96. The van der Waals surface area contributed by atoms with Gasteiger partial charge in [0.25, 0.3) is 0 Å². The minimum Gasteiger partial charge on any atom is -0.464 e. The van der Waals surface area contributed by atoms with Crippen molar-refractivity contribution in [2.24, 2.45) is 0 Å². The first-order valence-corrected chi connectivity index (χ1v) is 6.14. The molecule has 0 saturated carbocycles. The van der Waals surface area contributed by atoms with E-state index in [0.717, 1.165) is 6.42 Å². The van der Waals surface area contributed by atoms with Gasteiger partial charge in [-0.1, -0.05) is 13.3 Å². The summed E-state index contributed by atoms with van der Waals surface area (Å²) in [4.78, 5) is 23.3. The highest BCUT2D eigenvalue weighted by atomic mass is 16.5. The van der Waals surface area contributed by atoms with E-state index in [9.17, 15) is 9.59 Å². The van der Waals surface area contributed by atoms with Crippen molar-refractivity contribution in [2.45, 2.75) is 32.7 Å². The van der Waals surface area contributed by atoms with Crippen molar-refractivity contribution in [3.05, 3.63) is 11.9 Å². The summed E-state index contributed by atoms with van der Waals surface area (Å²) in [7, 11) is 1.25. The number of aromatic nitrogens is 2. The number of methoxy groups -OCH3 is 1. The van der Waals surface area contributed by atoms with Crippen LogP contribution in [0.4, 0.5) is 5.69 Å². The van der Waals surface area contributed by atoms with E-state index in [0.29, 0.717) is 13.0 Å². The maximum absolute atomic E-state index is 11.9.